The van der Waals surface area contributed by atoms with Crippen molar-refractivity contribution in [1.29, 1.82) is 0 Å². The molecule has 1 rings (SSSR count). The molecule has 0 spiro atoms. The third-order valence-corrected chi connectivity index (χ3v) is 4.42. The first-order valence-electron chi connectivity index (χ1n) is 0.983. The van der Waals surface area contributed by atoms with Gasteiger partial charge in [0, 0.05) is 0 Å². The van der Waals surface area contributed by atoms with Crippen LogP contribution in [0.4, 0.5) is 0 Å². The van der Waals surface area contributed by atoms with E-state index in [0.29, 0.717) is 0 Å². The van der Waals surface area contributed by atoms with Crippen LogP contribution < -0.4 is 59.1 Å². The SMILES string of the molecule is [Na+].[Na+].[S-]C1([S-])SS1. The van der Waals surface area contributed by atoms with Gasteiger partial charge in [0.25, 0.3) is 0 Å². The van der Waals surface area contributed by atoms with Crippen LogP contribution in [0, 0.1) is 0 Å². The van der Waals surface area contributed by atoms with Gasteiger partial charge in [-0.05, 0) is 0 Å². The van der Waals surface area contributed by atoms with E-state index in [-0.39, 0.29) is 61.9 Å². The summed E-state index contributed by atoms with van der Waals surface area (Å²) in [5, 5.41) is 0. The van der Waals surface area contributed by atoms with Gasteiger partial charge in [-0.1, -0.05) is 0 Å². The largest absolute Gasteiger partial charge is 1.00 e. The molecule has 30 valence electrons. The van der Waals surface area contributed by atoms with E-state index in [9.17, 15) is 0 Å². The summed E-state index contributed by atoms with van der Waals surface area (Å²) in [5.41, 5.74) is 0. The Balaban J connectivity index is 0. The molecule has 0 N–H and O–H groups in total. The number of rotatable bonds is 0. The van der Waals surface area contributed by atoms with Gasteiger partial charge in [0.15, 0.2) is 0 Å². The standard InChI is InChI=1S/CH2S4.2Na/c2-1(3)4-5-1;;/h2-3H;;/q;2*+1/p-2. The van der Waals surface area contributed by atoms with Crippen LogP contribution in [-0.2, 0) is 25.3 Å². The van der Waals surface area contributed by atoms with Crippen LogP contribution in [-0.4, -0.2) is 2.74 Å². The van der Waals surface area contributed by atoms with Gasteiger partial charge in [0.2, 0.25) is 0 Å². The monoisotopic (exact) mass is 186 g/mol. The molecule has 1 aliphatic heterocycles. The second-order valence-corrected chi connectivity index (χ2v) is 6.00. The van der Waals surface area contributed by atoms with E-state index in [1.54, 1.807) is 21.6 Å². The third-order valence-electron chi connectivity index (χ3n) is 0.219. The van der Waals surface area contributed by atoms with Gasteiger partial charge in [0.1, 0.15) is 0 Å². The molecule has 1 saturated heterocycles. The van der Waals surface area contributed by atoms with E-state index < -0.39 is 0 Å². The van der Waals surface area contributed by atoms with Crippen molar-refractivity contribution in [2.45, 2.75) is 2.74 Å². The molecule has 1 fully saturated rings. The molecule has 0 radical (unpaired) electrons. The molecule has 0 aliphatic carbocycles. The minimum absolute atomic E-state index is 0. The Morgan fingerprint density at radius 3 is 1.14 bits per heavy atom. The van der Waals surface area contributed by atoms with Crippen LogP contribution in [0.1, 0.15) is 0 Å². The quantitative estimate of drug-likeness (QED) is 0.161. The zero-order valence-corrected chi connectivity index (χ0v) is 11.4. The Morgan fingerprint density at radius 1 is 1.00 bits per heavy atom. The molecule has 6 heteroatoms. The molecule has 0 saturated carbocycles. The van der Waals surface area contributed by atoms with Gasteiger partial charge in [-0.15, -0.1) is 21.6 Å². The van der Waals surface area contributed by atoms with E-state index in [2.05, 4.69) is 25.3 Å². The molecule has 0 atom stereocenters. The summed E-state index contributed by atoms with van der Waals surface area (Å²) in [4.78, 5) is 0. The maximum Gasteiger partial charge on any atom is 1.00 e. The third kappa shape index (κ3) is 7.30. The average Bonchev–Trinajstić information content (AvgIpc) is 1.76. The van der Waals surface area contributed by atoms with Crippen LogP contribution in [0.15, 0.2) is 0 Å². The molecule has 0 amide bonds. The number of hydrogen-bond donors (Lipinski definition) is 0. The summed E-state index contributed by atoms with van der Waals surface area (Å²) in [6.45, 7) is 0. The van der Waals surface area contributed by atoms with Crippen LogP contribution in [0.5, 0.6) is 0 Å². The summed E-state index contributed by atoms with van der Waals surface area (Å²) >= 11 is 9.36. The molecule has 7 heavy (non-hydrogen) atoms. The molecule has 1 aliphatic rings. The summed E-state index contributed by atoms with van der Waals surface area (Å²) in [6.07, 6.45) is 0. The summed E-state index contributed by atoms with van der Waals surface area (Å²) < 4.78 is -0.250. The fourth-order valence-corrected chi connectivity index (χ4v) is 0.919. The predicted molar refractivity (Wildman–Crippen MR) is 32.6 cm³/mol. The first kappa shape index (κ1) is 13.0. The van der Waals surface area contributed by atoms with Crippen LogP contribution >= 0.6 is 21.6 Å². The van der Waals surface area contributed by atoms with E-state index in [1.807, 2.05) is 0 Å². The van der Waals surface area contributed by atoms with Crippen molar-refractivity contribution >= 4 is 46.8 Å². The summed E-state index contributed by atoms with van der Waals surface area (Å²) in [6, 6.07) is 0. The van der Waals surface area contributed by atoms with Crippen molar-refractivity contribution in [3.63, 3.8) is 0 Å². The molecule has 0 aromatic heterocycles. The maximum absolute atomic E-state index is 4.68. The van der Waals surface area contributed by atoms with Crippen LogP contribution in [0.25, 0.3) is 0 Å². The molecule has 0 bridgehead atoms. The van der Waals surface area contributed by atoms with Crippen LogP contribution in [0.3, 0.4) is 0 Å². The molecule has 0 aromatic rings. The second kappa shape index (κ2) is 5.10. The molecule has 0 aromatic carbocycles. The van der Waals surface area contributed by atoms with E-state index >= 15 is 0 Å². The Morgan fingerprint density at radius 2 is 1.14 bits per heavy atom. The van der Waals surface area contributed by atoms with E-state index in [4.69, 9.17) is 0 Å². The van der Waals surface area contributed by atoms with E-state index in [1.165, 1.54) is 0 Å². The minimum Gasteiger partial charge on any atom is -0.789 e. The first-order chi connectivity index (χ1) is 2.21. The molecule has 1 heterocycles. The van der Waals surface area contributed by atoms with Crippen molar-refractivity contribution in [3.8, 4) is 0 Å². The number of hydrogen-bond acceptors (Lipinski definition) is 4. The Hall–Kier alpha value is 3.40. The summed E-state index contributed by atoms with van der Waals surface area (Å²) in [7, 11) is 3.14. The van der Waals surface area contributed by atoms with Crippen molar-refractivity contribution in [2.75, 3.05) is 0 Å². The van der Waals surface area contributed by atoms with E-state index in [0.717, 1.165) is 0 Å². The zero-order valence-electron chi connectivity index (χ0n) is 4.13. The maximum atomic E-state index is 4.68. The summed E-state index contributed by atoms with van der Waals surface area (Å²) in [5.74, 6) is 0. The first-order valence-corrected chi connectivity index (χ1v) is 3.95. The van der Waals surface area contributed by atoms with Crippen molar-refractivity contribution in [2.24, 2.45) is 0 Å². The zero-order chi connectivity index (χ0) is 3.91. The molecular formula is CNa2S4. The topological polar surface area (TPSA) is 0 Å². The Kier molecular flexibility index (Phi) is 9.50. The smallest absolute Gasteiger partial charge is 0.789 e. The minimum atomic E-state index is -0.250. The van der Waals surface area contributed by atoms with Crippen LogP contribution in [0.2, 0.25) is 0 Å². The fourth-order valence-electron chi connectivity index (χ4n) is 0.0340. The van der Waals surface area contributed by atoms with Gasteiger partial charge < -0.3 is 25.3 Å². The van der Waals surface area contributed by atoms with Crippen molar-refractivity contribution in [3.05, 3.63) is 0 Å². The van der Waals surface area contributed by atoms with Gasteiger partial charge in [0.05, 0.1) is 0 Å². The molecular weight excluding hydrogens is 186 g/mol. The normalized spacial score (nSPS) is 21.4. The van der Waals surface area contributed by atoms with Gasteiger partial charge in [-0.2, -0.15) is 2.74 Å². The Labute approximate surface area is 107 Å². The van der Waals surface area contributed by atoms with Crippen molar-refractivity contribution in [1.82, 2.24) is 0 Å². The Bertz CT molecular complexity index is 47.7. The molecule has 0 unspecified atom stereocenters. The fraction of sp³-hybridized carbons (Fsp3) is 1.00. The van der Waals surface area contributed by atoms with Gasteiger partial charge in [-0.25, -0.2) is 0 Å². The predicted octanol–water partition coefficient (Wildman–Crippen LogP) is -4.91. The van der Waals surface area contributed by atoms with Gasteiger partial charge in [-0.3, -0.25) is 0 Å². The molecule has 0 nitrogen and oxygen atoms in total. The average molecular weight is 186 g/mol. The second-order valence-electron chi connectivity index (χ2n) is 0.667. The van der Waals surface area contributed by atoms with Gasteiger partial charge >= 0.3 is 59.1 Å². The van der Waals surface area contributed by atoms with Crippen molar-refractivity contribution < 1.29 is 59.1 Å².